The summed E-state index contributed by atoms with van der Waals surface area (Å²) in [5, 5.41) is 11.1. The van der Waals surface area contributed by atoms with Gasteiger partial charge in [-0.2, -0.15) is 0 Å². The SMILES string of the molecule is CC(C)CCC[C@@H](C)[C@H]1CC[C@H]2[C@@H]3CC[C@H]4[C@H](Cc5ccc(F)cc5F)[C@H](O)CC[C@]4(C)[C@H]3CC[C@]12C. The van der Waals surface area contributed by atoms with Crippen molar-refractivity contribution in [2.75, 3.05) is 0 Å². The van der Waals surface area contributed by atoms with Crippen LogP contribution in [0.5, 0.6) is 0 Å². The van der Waals surface area contributed by atoms with Crippen LogP contribution in [0.15, 0.2) is 18.2 Å². The minimum atomic E-state index is -0.523. The Hall–Kier alpha value is -0.960. The van der Waals surface area contributed by atoms with Gasteiger partial charge in [-0.25, -0.2) is 8.78 Å². The van der Waals surface area contributed by atoms with E-state index in [9.17, 15) is 13.9 Å². The van der Waals surface area contributed by atoms with Gasteiger partial charge in [0.1, 0.15) is 11.6 Å². The molecule has 0 heterocycles. The Labute approximate surface area is 225 Å². The van der Waals surface area contributed by atoms with Crippen molar-refractivity contribution >= 4 is 0 Å². The zero-order chi connectivity index (χ0) is 26.5. The van der Waals surface area contributed by atoms with Crippen LogP contribution in [0.3, 0.4) is 0 Å². The highest BCUT2D eigenvalue weighted by molar-refractivity contribution is 5.21. The second-order valence-electron chi connectivity index (χ2n) is 14.8. The van der Waals surface area contributed by atoms with Crippen LogP contribution in [-0.4, -0.2) is 11.2 Å². The van der Waals surface area contributed by atoms with Crippen LogP contribution in [0.2, 0.25) is 0 Å². The van der Waals surface area contributed by atoms with Crippen molar-refractivity contribution in [2.45, 2.75) is 118 Å². The predicted octanol–water partition coefficient (Wildman–Crippen LogP) is 9.22. The van der Waals surface area contributed by atoms with E-state index in [4.69, 9.17) is 0 Å². The third-order valence-corrected chi connectivity index (χ3v) is 12.6. The standard InChI is InChI=1S/C34H52F2O/c1-21(2)7-6-8-22(3)27-13-14-28-25-11-12-29-26(19-23-9-10-24(35)20-31(23)36)32(37)16-18-34(29,5)30(25)15-17-33(27,28)4/h9-10,20-22,25-30,32,37H,6-8,11-19H2,1-5H3/t22-,25+,26+,27-,28+,29+,30+,32-,33-,34+/m1/s1. The largest absolute Gasteiger partial charge is 0.393 e. The van der Waals surface area contributed by atoms with E-state index >= 15 is 0 Å². The van der Waals surface area contributed by atoms with Gasteiger partial charge in [0.05, 0.1) is 6.10 Å². The Morgan fingerprint density at radius 3 is 2.30 bits per heavy atom. The monoisotopic (exact) mass is 514 g/mol. The van der Waals surface area contributed by atoms with Crippen molar-refractivity contribution in [3.8, 4) is 0 Å². The van der Waals surface area contributed by atoms with E-state index < -0.39 is 11.6 Å². The fraction of sp³-hybridized carbons (Fsp3) is 0.824. The average Bonchev–Trinajstić information content (AvgIpc) is 3.19. The molecule has 208 valence electrons. The zero-order valence-corrected chi connectivity index (χ0v) is 24.1. The molecule has 0 bridgehead atoms. The highest BCUT2D eigenvalue weighted by Crippen LogP contribution is 2.69. The van der Waals surface area contributed by atoms with Gasteiger partial charge >= 0.3 is 0 Å². The Kier molecular flexibility index (Phi) is 7.87. The molecule has 1 nitrogen and oxygen atoms in total. The van der Waals surface area contributed by atoms with Crippen LogP contribution in [0, 0.1) is 69.8 Å². The molecular formula is C34H52F2O. The minimum absolute atomic E-state index is 0.0743. The lowest BCUT2D eigenvalue weighted by Crippen LogP contribution is -2.57. The zero-order valence-electron chi connectivity index (χ0n) is 24.1. The van der Waals surface area contributed by atoms with E-state index in [2.05, 4.69) is 34.6 Å². The molecule has 5 rings (SSSR count). The predicted molar refractivity (Wildman–Crippen MR) is 148 cm³/mol. The summed E-state index contributed by atoms with van der Waals surface area (Å²) in [7, 11) is 0. The molecule has 1 N–H and O–H groups in total. The van der Waals surface area contributed by atoms with E-state index in [-0.39, 0.29) is 17.4 Å². The molecule has 10 atom stereocenters. The number of aliphatic hydroxyl groups is 1. The van der Waals surface area contributed by atoms with E-state index in [1.807, 2.05) is 0 Å². The molecular weight excluding hydrogens is 462 g/mol. The molecule has 0 aromatic heterocycles. The van der Waals surface area contributed by atoms with Crippen molar-refractivity contribution in [3.63, 3.8) is 0 Å². The normalized spacial score (nSPS) is 42.2. The lowest BCUT2D eigenvalue weighted by Gasteiger charge is -2.63. The first-order valence-electron chi connectivity index (χ1n) is 15.7. The summed E-state index contributed by atoms with van der Waals surface area (Å²) in [6, 6.07) is 3.97. The first kappa shape index (κ1) is 27.6. The van der Waals surface area contributed by atoms with Crippen molar-refractivity contribution in [3.05, 3.63) is 35.4 Å². The molecule has 0 aliphatic heterocycles. The number of hydrogen-bond donors (Lipinski definition) is 1. The average molecular weight is 515 g/mol. The van der Waals surface area contributed by atoms with Gasteiger partial charge in [0, 0.05) is 6.07 Å². The second-order valence-corrected chi connectivity index (χ2v) is 14.8. The Bertz CT molecular complexity index is 944. The fourth-order valence-electron chi connectivity index (χ4n) is 10.7. The van der Waals surface area contributed by atoms with E-state index in [1.54, 1.807) is 6.07 Å². The molecule has 4 aliphatic carbocycles. The second kappa shape index (κ2) is 10.5. The quantitative estimate of drug-likeness (QED) is 0.384. The summed E-state index contributed by atoms with van der Waals surface area (Å²) in [4.78, 5) is 0. The topological polar surface area (TPSA) is 20.2 Å². The van der Waals surface area contributed by atoms with Crippen molar-refractivity contribution in [1.82, 2.24) is 0 Å². The van der Waals surface area contributed by atoms with Crippen LogP contribution in [0.25, 0.3) is 0 Å². The fourth-order valence-corrected chi connectivity index (χ4v) is 10.7. The smallest absolute Gasteiger partial charge is 0.129 e. The molecule has 0 saturated heterocycles. The third kappa shape index (κ3) is 4.93. The summed E-state index contributed by atoms with van der Waals surface area (Å²) in [5.74, 6) is 4.42. The molecule has 4 saturated carbocycles. The van der Waals surface area contributed by atoms with Gasteiger partial charge in [-0.3, -0.25) is 0 Å². The number of halogens is 2. The molecule has 1 aromatic carbocycles. The van der Waals surface area contributed by atoms with E-state index in [1.165, 1.54) is 57.4 Å². The maximum atomic E-state index is 14.6. The van der Waals surface area contributed by atoms with Gasteiger partial charge in [-0.15, -0.1) is 0 Å². The number of benzene rings is 1. The lowest BCUT2D eigenvalue weighted by atomic mass is 9.42. The molecule has 4 fully saturated rings. The van der Waals surface area contributed by atoms with Gasteiger partial charge in [0.15, 0.2) is 0 Å². The summed E-state index contributed by atoms with van der Waals surface area (Å²) in [5.41, 5.74) is 1.29. The lowest BCUT2D eigenvalue weighted by molar-refractivity contribution is -0.152. The number of fused-ring (bicyclic) bond motifs is 5. The minimum Gasteiger partial charge on any atom is -0.393 e. The van der Waals surface area contributed by atoms with Crippen molar-refractivity contribution in [1.29, 1.82) is 0 Å². The number of rotatable bonds is 7. The van der Waals surface area contributed by atoms with Crippen LogP contribution in [-0.2, 0) is 6.42 Å². The van der Waals surface area contributed by atoms with Crippen molar-refractivity contribution in [2.24, 2.45) is 58.2 Å². The Morgan fingerprint density at radius 2 is 1.57 bits per heavy atom. The highest BCUT2D eigenvalue weighted by Gasteiger charge is 2.61. The molecule has 3 heteroatoms. The molecule has 0 amide bonds. The van der Waals surface area contributed by atoms with Gasteiger partial charge in [0.25, 0.3) is 0 Å². The van der Waals surface area contributed by atoms with Crippen LogP contribution >= 0.6 is 0 Å². The maximum absolute atomic E-state index is 14.6. The molecule has 1 aromatic rings. The Morgan fingerprint density at radius 1 is 0.865 bits per heavy atom. The highest BCUT2D eigenvalue weighted by atomic mass is 19.1. The molecule has 0 spiro atoms. The van der Waals surface area contributed by atoms with Crippen LogP contribution in [0.1, 0.15) is 111 Å². The van der Waals surface area contributed by atoms with E-state index in [0.717, 1.165) is 60.8 Å². The van der Waals surface area contributed by atoms with Crippen molar-refractivity contribution < 1.29 is 13.9 Å². The van der Waals surface area contributed by atoms with Crippen LogP contribution < -0.4 is 0 Å². The van der Waals surface area contributed by atoms with Gasteiger partial charge in [-0.05, 0) is 128 Å². The first-order valence-corrected chi connectivity index (χ1v) is 15.7. The van der Waals surface area contributed by atoms with Crippen LogP contribution in [0.4, 0.5) is 8.78 Å². The van der Waals surface area contributed by atoms with Gasteiger partial charge < -0.3 is 5.11 Å². The molecule has 0 unspecified atom stereocenters. The Balaban J connectivity index is 1.32. The van der Waals surface area contributed by atoms with Gasteiger partial charge in [-0.1, -0.05) is 59.9 Å². The number of aliphatic hydroxyl groups excluding tert-OH is 1. The molecule has 37 heavy (non-hydrogen) atoms. The molecule has 4 aliphatic rings. The first-order chi connectivity index (χ1) is 17.5. The molecule has 0 radical (unpaired) electrons. The summed E-state index contributed by atoms with van der Waals surface area (Å²) in [6.45, 7) is 12.4. The van der Waals surface area contributed by atoms with Gasteiger partial charge in [0.2, 0.25) is 0 Å². The third-order valence-electron chi connectivity index (χ3n) is 12.6. The number of hydrogen-bond acceptors (Lipinski definition) is 1. The summed E-state index contributed by atoms with van der Waals surface area (Å²) in [6.07, 6.45) is 14.1. The van der Waals surface area contributed by atoms with E-state index in [0.29, 0.717) is 23.3 Å². The summed E-state index contributed by atoms with van der Waals surface area (Å²) >= 11 is 0. The summed E-state index contributed by atoms with van der Waals surface area (Å²) < 4.78 is 28.1. The maximum Gasteiger partial charge on any atom is 0.129 e.